The molecule has 8 nitrogen and oxygen atoms in total. The summed E-state index contributed by atoms with van der Waals surface area (Å²) in [4.78, 5) is 15.5. The Morgan fingerprint density at radius 2 is 1.93 bits per heavy atom. The topological polar surface area (TPSA) is 129 Å². The minimum absolute atomic E-state index is 0.0681. The van der Waals surface area contributed by atoms with Crippen molar-refractivity contribution >= 4 is 23.2 Å². The van der Waals surface area contributed by atoms with Crippen LogP contribution in [0.5, 0.6) is 0 Å². The van der Waals surface area contributed by atoms with E-state index in [0.29, 0.717) is 11.5 Å². The van der Waals surface area contributed by atoms with Crippen LogP contribution in [-0.4, -0.2) is 34.3 Å². The van der Waals surface area contributed by atoms with Crippen LogP contribution < -0.4 is 16.8 Å². The number of anilines is 3. The molecule has 1 aliphatic heterocycles. The molecule has 0 aliphatic carbocycles. The monoisotopic (exact) mass is 376 g/mol. The van der Waals surface area contributed by atoms with E-state index in [4.69, 9.17) is 16.2 Å². The quantitative estimate of drug-likeness (QED) is 0.748. The Morgan fingerprint density at radius 1 is 1.22 bits per heavy atom. The van der Waals surface area contributed by atoms with Gasteiger partial charge in [0.15, 0.2) is 5.69 Å². The number of amides is 1. The van der Waals surface area contributed by atoms with Crippen LogP contribution in [0.1, 0.15) is 55.2 Å². The average Bonchev–Trinajstić information content (AvgIpc) is 2.65. The van der Waals surface area contributed by atoms with Gasteiger partial charge in [-0.3, -0.25) is 4.79 Å². The number of pyridine rings is 1. The van der Waals surface area contributed by atoms with Crippen molar-refractivity contribution in [2.45, 2.75) is 39.0 Å². The van der Waals surface area contributed by atoms with Gasteiger partial charge in [0, 0.05) is 19.3 Å². The number of nitrogens with zero attached hydrogens (tertiary/aromatic N) is 3. The molecule has 1 saturated heterocycles. The molecule has 146 valence electrons. The summed E-state index contributed by atoms with van der Waals surface area (Å²) in [6, 6.07) is 4.16. The van der Waals surface area contributed by atoms with Gasteiger partial charge in [0.1, 0.15) is 17.5 Å². The smallest absolute Gasteiger partial charge is 0.271 e. The number of rotatable bonds is 4. The maximum Gasteiger partial charge on any atom is 0.271 e. The van der Waals surface area contributed by atoms with Gasteiger partial charge in [0.2, 0.25) is 0 Å². The van der Waals surface area contributed by atoms with E-state index in [-0.39, 0.29) is 23.1 Å². The molecule has 3 heterocycles. The fourth-order valence-electron chi connectivity index (χ4n) is 2.44. The lowest BCUT2D eigenvalue weighted by Crippen LogP contribution is -2.17. The summed E-state index contributed by atoms with van der Waals surface area (Å²) in [6.07, 6.45) is 3.93. The van der Waals surface area contributed by atoms with E-state index in [0.717, 1.165) is 13.2 Å². The SMILES string of the molecule is C1CCOCC1.CC(C)c1nc(Nc2cc(N)nnc2C(N)=O)ccc1F. The third-order valence-electron chi connectivity index (χ3n) is 3.81. The van der Waals surface area contributed by atoms with Gasteiger partial charge in [-0.1, -0.05) is 13.8 Å². The van der Waals surface area contributed by atoms with Crippen molar-refractivity contribution in [3.8, 4) is 0 Å². The Labute approximate surface area is 157 Å². The second kappa shape index (κ2) is 9.77. The lowest BCUT2D eigenvalue weighted by atomic mass is 10.1. The fraction of sp³-hybridized carbons (Fsp3) is 0.444. The average molecular weight is 376 g/mol. The van der Waals surface area contributed by atoms with Gasteiger partial charge in [-0.05, 0) is 37.3 Å². The number of carbonyl (C=O) groups excluding carboxylic acids is 1. The predicted molar refractivity (Wildman–Crippen MR) is 101 cm³/mol. The highest BCUT2D eigenvalue weighted by atomic mass is 19.1. The molecule has 1 amide bonds. The molecule has 27 heavy (non-hydrogen) atoms. The summed E-state index contributed by atoms with van der Waals surface area (Å²) in [5.74, 6) is -0.749. The minimum Gasteiger partial charge on any atom is -0.382 e. The Kier molecular flexibility index (Phi) is 7.42. The number of nitrogens with two attached hydrogens (primary N) is 2. The Morgan fingerprint density at radius 3 is 2.44 bits per heavy atom. The zero-order valence-corrected chi connectivity index (χ0v) is 15.5. The number of halogens is 1. The largest absolute Gasteiger partial charge is 0.382 e. The van der Waals surface area contributed by atoms with Crippen molar-refractivity contribution in [3.05, 3.63) is 35.4 Å². The van der Waals surface area contributed by atoms with E-state index in [9.17, 15) is 9.18 Å². The summed E-state index contributed by atoms with van der Waals surface area (Å²) in [6.45, 7) is 5.66. The maximum absolute atomic E-state index is 13.6. The van der Waals surface area contributed by atoms with Gasteiger partial charge < -0.3 is 21.5 Å². The summed E-state index contributed by atoms with van der Waals surface area (Å²) < 4.78 is 18.7. The standard InChI is InChI=1S/C13H15FN6O.C5H10O/c1-6(2)11-7(14)3-4-10(18-11)17-8-5-9(15)19-20-12(8)13(16)21;1-2-4-6-5-3-1/h3-6H,1-2H3,(H2,16,21)(H3,15,17,18,19);1-5H2. The summed E-state index contributed by atoms with van der Waals surface area (Å²) in [5.41, 5.74) is 11.3. The molecule has 0 saturated carbocycles. The molecule has 1 aliphatic rings. The van der Waals surface area contributed by atoms with Crippen LogP contribution in [0.15, 0.2) is 18.2 Å². The molecule has 0 radical (unpaired) electrons. The van der Waals surface area contributed by atoms with Crippen LogP contribution in [0, 0.1) is 5.82 Å². The van der Waals surface area contributed by atoms with Crippen molar-refractivity contribution in [2.75, 3.05) is 24.3 Å². The van der Waals surface area contributed by atoms with Crippen LogP contribution in [-0.2, 0) is 4.74 Å². The number of carbonyl (C=O) groups is 1. The van der Waals surface area contributed by atoms with Gasteiger partial charge in [0.05, 0.1) is 11.4 Å². The minimum atomic E-state index is -0.754. The van der Waals surface area contributed by atoms with Gasteiger partial charge in [-0.25, -0.2) is 9.37 Å². The van der Waals surface area contributed by atoms with Crippen molar-refractivity contribution in [1.82, 2.24) is 15.2 Å². The molecule has 9 heteroatoms. The van der Waals surface area contributed by atoms with E-state index >= 15 is 0 Å². The number of primary amides is 1. The summed E-state index contributed by atoms with van der Waals surface area (Å²) >= 11 is 0. The molecular formula is C18H25FN6O2. The van der Waals surface area contributed by atoms with Crippen LogP contribution in [0.2, 0.25) is 0 Å². The highest BCUT2D eigenvalue weighted by Crippen LogP contribution is 2.22. The van der Waals surface area contributed by atoms with Gasteiger partial charge in [0.25, 0.3) is 5.91 Å². The highest BCUT2D eigenvalue weighted by molar-refractivity contribution is 5.97. The van der Waals surface area contributed by atoms with Crippen LogP contribution in [0.25, 0.3) is 0 Å². The number of aromatic nitrogens is 3. The van der Waals surface area contributed by atoms with Crippen molar-refractivity contribution in [2.24, 2.45) is 5.73 Å². The summed E-state index contributed by atoms with van der Waals surface area (Å²) in [5, 5.41) is 10.1. The molecule has 0 bridgehead atoms. The molecule has 0 atom stereocenters. The van der Waals surface area contributed by atoms with Gasteiger partial charge in [-0.2, -0.15) is 0 Å². The Hall–Kier alpha value is -2.81. The summed E-state index contributed by atoms with van der Waals surface area (Å²) in [7, 11) is 0. The number of ether oxygens (including phenoxy) is 1. The Balaban J connectivity index is 0.000000369. The second-order valence-electron chi connectivity index (χ2n) is 6.41. The van der Waals surface area contributed by atoms with Gasteiger partial charge in [-0.15, -0.1) is 10.2 Å². The first kappa shape index (κ1) is 20.5. The van der Waals surface area contributed by atoms with E-state index in [1.165, 1.54) is 37.5 Å². The third-order valence-corrected chi connectivity index (χ3v) is 3.81. The molecule has 1 fully saturated rings. The molecule has 0 aromatic carbocycles. The van der Waals surface area contributed by atoms with Crippen LogP contribution in [0.3, 0.4) is 0 Å². The van der Waals surface area contributed by atoms with Gasteiger partial charge >= 0.3 is 0 Å². The lowest BCUT2D eigenvalue weighted by Gasteiger charge is -2.12. The first-order chi connectivity index (χ1) is 12.9. The van der Waals surface area contributed by atoms with Crippen molar-refractivity contribution < 1.29 is 13.9 Å². The van der Waals surface area contributed by atoms with E-state index < -0.39 is 11.7 Å². The van der Waals surface area contributed by atoms with Crippen LogP contribution in [0.4, 0.5) is 21.7 Å². The molecular weight excluding hydrogens is 351 g/mol. The first-order valence-electron chi connectivity index (χ1n) is 8.82. The van der Waals surface area contributed by atoms with E-state index in [2.05, 4.69) is 20.5 Å². The van der Waals surface area contributed by atoms with E-state index in [1.807, 2.05) is 13.8 Å². The number of nitrogens with one attached hydrogen (secondary N) is 1. The predicted octanol–water partition coefficient (Wildman–Crippen LogP) is 2.75. The normalized spacial score (nSPS) is 13.6. The molecule has 2 aromatic rings. The zero-order valence-electron chi connectivity index (χ0n) is 15.5. The van der Waals surface area contributed by atoms with E-state index in [1.54, 1.807) is 0 Å². The van der Waals surface area contributed by atoms with Crippen LogP contribution >= 0.6 is 0 Å². The maximum atomic E-state index is 13.6. The molecule has 2 aromatic heterocycles. The lowest BCUT2D eigenvalue weighted by molar-refractivity contribution is 0.0968. The molecule has 0 unspecified atom stereocenters. The number of hydrogen-bond donors (Lipinski definition) is 3. The second-order valence-corrected chi connectivity index (χ2v) is 6.41. The zero-order chi connectivity index (χ0) is 19.8. The highest BCUT2D eigenvalue weighted by Gasteiger charge is 2.14. The molecule has 5 N–H and O–H groups in total. The fourth-order valence-corrected chi connectivity index (χ4v) is 2.44. The number of nitrogen functional groups attached to an aromatic ring is 1. The van der Waals surface area contributed by atoms with Crippen molar-refractivity contribution in [3.63, 3.8) is 0 Å². The number of hydrogen-bond acceptors (Lipinski definition) is 7. The van der Waals surface area contributed by atoms with Crippen molar-refractivity contribution in [1.29, 1.82) is 0 Å². The Bertz CT molecular complexity index is 769. The molecule has 0 spiro atoms. The third kappa shape index (κ3) is 6.14. The first-order valence-corrected chi connectivity index (χ1v) is 8.82. The molecule has 3 rings (SSSR count).